The number of benzene rings is 2. The van der Waals surface area contributed by atoms with Gasteiger partial charge in [0.1, 0.15) is 5.75 Å². The second kappa shape index (κ2) is 9.18. The van der Waals surface area contributed by atoms with Crippen molar-refractivity contribution in [3.63, 3.8) is 0 Å². The number of ether oxygens (including phenoxy) is 2. The standard InChI is InChI=1S/C20H24N2O5S/c1-16-4-2-6-18(14-16)27-11-8-20(23)21-17-5-3-7-19(15-17)28(24,25)22-9-12-26-13-10-22/h2-7,14-15H,8-13H2,1H3,(H,21,23). The summed E-state index contributed by atoms with van der Waals surface area (Å²) in [5, 5.41) is 2.73. The van der Waals surface area contributed by atoms with E-state index in [-0.39, 0.29) is 23.8 Å². The van der Waals surface area contributed by atoms with Gasteiger partial charge in [0.25, 0.3) is 0 Å². The Kier molecular flexibility index (Phi) is 6.66. The Labute approximate surface area is 165 Å². The van der Waals surface area contributed by atoms with Crippen LogP contribution in [-0.2, 0) is 19.6 Å². The number of sulfonamides is 1. The fraction of sp³-hybridized carbons (Fsp3) is 0.350. The molecule has 0 spiro atoms. The molecule has 1 aliphatic heterocycles. The predicted octanol–water partition coefficient (Wildman–Crippen LogP) is 2.42. The molecule has 0 aromatic heterocycles. The summed E-state index contributed by atoms with van der Waals surface area (Å²) in [6, 6.07) is 13.9. The van der Waals surface area contributed by atoms with Gasteiger partial charge < -0.3 is 14.8 Å². The van der Waals surface area contributed by atoms with Gasteiger partial charge >= 0.3 is 0 Å². The van der Waals surface area contributed by atoms with Gasteiger partial charge in [-0.15, -0.1) is 0 Å². The Hall–Kier alpha value is -2.42. The third-order valence-corrected chi connectivity index (χ3v) is 6.21. The number of carbonyl (C=O) groups excluding carboxylic acids is 1. The van der Waals surface area contributed by atoms with Gasteiger partial charge in [-0.2, -0.15) is 4.31 Å². The Balaban J connectivity index is 1.57. The molecule has 1 fully saturated rings. The van der Waals surface area contributed by atoms with Crippen molar-refractivity contribution in [2.45, 2.75) is 18.2 Å². The molecule has 7 nitrogen and oxygen atoms in total. The summed E-state index contributed by atoms with van der Waals surface area (Å²) >= 11 is 0. The van der Waals surface area contributed by atoms with Gasteiger partial charge in [-0.25, -0.2) is 8.42 Å². The van der Waals surface area contributed by atoms with Crippen LogP contribution in [0.2, 0.25) is 0 Å². The number of anilines is 1. The second-order valence-electron chi connectivity index (χ2n) is 6.51. The summed E-state index contributed by atoms with van der Waals surface area (Å²) < 4.78 is 37.6. The minimum absolute atomic E-state index is 0.156. The van der Waals surface area contributed by atoms with E-state index < -0.39 is 10.0 Å². The van der Waals surface area contributed by atoms with Crippen LogP contribution in [0.5, 0.6) is 5.75 Å². The third kappa shape index (κ3) is 5.31. The molecule has 0 atom stereocenters. The average molecular weight is 404 g/mol. The van der Waals surface area contributed by atoms with E-state index in [0.717, 1.165) is 5.56 Å². The van der Waals surface area contributed by atoms with Gasteiger partial charge in [-0.05, 0) is 42.8 Å². The second-order valence-corrected chi connectivity index (χ2v) is 8.45. The van der Waals surface area contributed by atoms with E-state index in [0.29, 0.717) is 37.7 Å². The first-order valence-electron chi connectivity index (χ1n) is 9.12. The van der Waals surface area contributed by atoms with Gasteiger partial charge in [0.05, 0.1) is 31.1 Å². The summed E-state index contributed by atoms with van der Waals surface area (Å²) in [4.78, 5) is 12.3. The fourth-order valence-corrected chi connectivity index (χ4v) is 4.31. The molecule has 3 rings (SSSR count). The van der Waals surface area contributed by atoms with Crippen LogP contribution in [0.25, 0.3) is 0 Å². The molecule has 8 heteroatoms. The molecule has 0 radical (unpaired) electrons. The molecule has 0 aliphatic carbocycles. The van der Waals surface area contributed by atoms with Gasteiger partial charge in [-0.3, -0.25) is 4.79 Å². The maximum atomic E-state index is 12.7. The van der Waals surface area contributed by atoms with E-state index in [4.69, 9.17) is 9.47 Å². The zero-order valence-corrected chi connectivity index (χ0v) is 16.6. The number of nitrogens with one attached hydrogen (secondary N) is 1. The smallest absolute Gasteiger partial charge is 0.243 e. The summed E-state index contributed by atoms with van der Waals surface area (Å²) in [6.07, 6.45) is 0.161. The molecule has 1 saturated heterocycles. The minimum atomic E-state index is -3.60. The van der Waals surface area contributed by atoms with Gasteiger partial charge in [-0.1, -0.05) is 18.2 Å². The van der Waals surface area contributed by atoms with Gasteiger partial charge in [0, 0.05) is 18.8 Å². The molecule has 0 bridgehead atoms. The molecule has 1 aliphatic rings. The topological polar surface area (TPSA) is 84.9 Å². The molecule has 0 unspecified atom stereocenters. The largest absolute Gasteiger partial charge is 0.493 e. The fourth-order valence-electron chi connectivity index (χ4n) is 2.86. The number of carbonyl (C=O) groups is 1. The lowest BCUT2D eigenvalue weighted by Gasteiger charge is -2.26. The average Bonchev–Trinajstić information content (AvgIpc) is 2.69. The highest BCUT2D eigenvalue weighted by Gasteiger charge is 2.26. The maximum Gasteiger partial charge on any atom is 0.243 e. The van der Waals surface area contributed by atoms with E-state index in [1.165, 1.54) is 16.4 Å². The van der Waals surface area contributed by atoms with Crippen molar-refractivity contribution < 1.29 is 22.7 Å². The van der Waals surface area contributed by atoms with Crippen molar-refractivity contribution in [3.8, 4) is 5.75 Å². The lowest BCUT2D eigenvalue weighted by molar-refractivity contribution is -0.116. The number of hydrogen-bond donors (Lipinski definition) is 1. The first-order valence-corrected chi connectivity index (χ1v) is 10.6. The first-order chi connectivity index (χ1) is 13.4. The predicted molar refractivity (Wildman–Crippen MR) is 106 cm³/mol. The molecule has 0 saturated carbocycles. The van der Waals surface area contributed by atoms with Crippen LogP contribution in [0, 0.1) is 6.92 Å². The van der Waals surface area contributed by atoms with Crippen molar-refractivity contribution in [2.24, 2.45) is 0 Å². The Morgan fingerprint density at radius 2 is 1.89 bits per heavy atom. The summed E-state index contributed by atoms with van der Waals surface area (Å²) in [6.45, 7) is 3.64. The van der Waals surface area contributed by atoms with E-state index in [9.17, 15) is 13.2 Å². The highest BCUT2D eigenvalue weighted by atomic mass is 32.2. The summed E-state index contributed by atoms with van der Waals surface area (Å²) in [5.74, 6) is 0.472. The molecule has 2 aromatic rings. The van der Waals surface area contributed by atoms with Crippen molar-refractivity contribution in [3.05, 3.63) is 54.1 Å². The normalized spacial score (nSPS) is 15.2. The van der Waals surface area contributed by atoms with E-state index in [1.54, 1.807) is 12.1 Å². The van der Waals surface area contributed by atoms with Crippen LogP contribution in [0.15, 0.2) is 53.4 Å². The van der Waals surface area contributed by atoms with Gasteiger partial charge in [0.2, 0.25) is 15.9 Å². The molecule has 28 heavy (non-hydrogen) atoms. The Morgan fingerprint density at radius 1 is 1.14 bits per heavy atom. The van der Waals surface area contributed by atoms with E-state index in [2.05, 4.69) is 5.32 Å². The summed E-state index contributed by atoms with van der Waals surface area (Å²) in [7, 11) is -3.60. The Morgan fingerprint density at radius 3 is 2.64 bits per heavy atom. The van der Waals surface area contributed by atoms with Crippen LogP contribution < -0.4 is 10.1 Å². The summed E-state index contributed by atoms with van der Waals surface area (Å²) in [5.41, 5.74) is 1.52. The van der Waals surface area contributed by atoms with E-state index in [1.807, 2.05) is 31.2 Å². The van der Waals surface area contributed by atoms with E-state index >= 15 is 0 Å². The SMILES string of the molecule is Cc1cccc(OCCC(=O)Nc2cccc(S(=O)(=O)N3CCOCC3)c2)c1. The molecular weight excluding hydrogens is 380 g/mol. The highest BCUT2D eigenvalue weighted by Crippen LogP contribution is 2.21. The molecule has 2 aromatic carbocycles. The van der Waals surface area contributed by atoms with Gasteiger partial charge in [0.15, 0.2) is 0 Å². The van der Waals surface area contributed by atoms with Crippen molar-refractivity contribution in [1.29, 1.82) is 0 Å². The van der Waals surface area contributed by atoms with Crippen LogP contribution >= 0.6 is 0 Å². The molecular formula is C20H24N2O5S. The van der Waals surface area contributed by atoms with Crippen LogP contribution in [0.4, 0.5) is 5.69 Å². The van der Waals surface area contributed by atoms with Crippen LogP contribution in [-0.4, -0.2) is 51.5 Å². The van der Waals surface area contributed by atoms with Crippen LogP contribution in [0.3, 0.4) is 0 Å². The molecule has 1 amide bonds. The van der Waals surface area contributed by atoms with Crippen molar-refractivity contribution in [1.82, 2.24) is 4.31 Å². The highest BCUT2D eigenvalue weighted by molar-refractivity contribution is 7.89. The monoisotopic (exact) mass is 404 g/mol. The first kappa shape index (κ1) is 20.3. The van der Waals surface area contributed by atoms with Crippen molar-refractivity contribution >= 4 is 21.6 Å². The Bertz CT molecular complexity index is 924. The van der Waals surface area contributed by atoms with Crippen LogP contribution in [0.1, 0.15) is 12.0 Å². The zero-order valence-electron chi connectivity index (χ0n) is 15.8. The number of rotatable bonds is 7. The number of hydrogen-bond acceptors (Lipinski definition) is 5. The quantitative estimate of drug-likeness (QED) is 0.766. The minimum Gasteiger partial charge on any atom is -0.493 e. The number of nitrogens with zero attached hydrogens (tertiary/aromatic N) is 1. The number of amides is 1. The number of aryl methyl sites for hydroxylation is 1. The molecule has 1 N–H and O–H groups in total. The lowest BCUT2D eigenvalue weighted by Crippen LogP contribution is -2.40. The maximum absolute atomic E-state index is 12.7. The molecule has 150 valence electrons. The van der Waals surface area contributed by atoms with Crippen molar-refractivity contribution in [2.75, 3.05) is 38.2 Å². The zero-order chi connectivity index (χ0) is 20.0. The lowest BCUT2D eigenvalue weighted by atomic mass is 10.2. The third-order valence-electron chi connectivity index (χ3n) is 4.31. The number of morpholine rings is 1. The molecule has 1 heterocycles.